The number of anilines is 1. The zero-order chi connectivity index (χ0) is 16.3. The van der Waals surface area contributed by atoms with Crippen molar-refractivity contribution < 1.29 is 9.90 Å². The summed E-state index contributed by atoms with van der Waals surface area (Å²) in [4.78, 5) is 12.3. The van der Waals surface area contributed by atoms with Crippen LogP contribution in [0.5, 0.6) is 5.75 Å². The van der Waals surface area contributed by atoms with Crippen LogP contribution in [0.25, 0.3) is 0 Å². The fraction of sp³-hybridized carbons (Fsp3) is 0.125. The summed E-state index contributed by atoms with van der Waals surface area (Å²) in [6, 6.07) is 11.0. The smallest absolute Gasteiger partial charge is 0.251 e. The number of carbonyl (C=O) groups excluding carboxylic acids is 1. The van der Waals surface area contributed by atoms with Gasteiger partial charge in [0.25, 0.3) is 5.91 Å². The van der Waals surface area contributed by atoms with Gasteiger partial charge in [0, 0.05) is 16.8 Å². The van der Waals surface area contributed by atoms with Crippen molar-refractivity contribution in [2.24, 2.45) is 5.73 Å². The molecule has 0 radical (unpaired) electrons. The van der Waals surface area contributed by atoms with Gasteiger partial charge in [-0.15, -0.1) is 0 Å². The van der Waals surface area contributed by atoms with E-state index in [0.29, 0.717) is 16.8 Å². The van der Waals surface area contributed by atoms with E-state index in [0.717, 1.165) is 5.56 Å². The lowest BCUT2D eigenvalue weighted by Crippen LogP contribution is -2.27. The van der Waals surface area contributed by atoms with E-state index in [4.69, 9.17) is 16.9 Å². The highest BCUT2D eigenvalue weighted by molar-refractivity contribution is 6.03. The Morgan fingerprint density at radius 3 is 2.64 bits per heavy atom. The first-order valence-electron chi connectivity index (χ1n) is 6.72. The Kier molecular flexibility index (Phi) is 4.31. The lowest BCUT2D eigenvalue weighted by Gasteiger charge is -2.15. The molecule has 0 saturated carbocycles. The molecule has 0 heterocycles. The number of rotatable bonds is 4. The standard InChI is InChI=1S/C16H18N4O2/c1-9(10-3-2-4-12(21)7-10)20-16(22)11-5-6-14(17)13(8-11)15(18)19/h2-9,21H,17H2,1H3,(H3,18,19)(H,20,22)/t9-/m1/s1. The molecule has 6 nitrogen and oxygen atoms in total. The molecule has 114 valence electrons. The molecule has 7 N–H and O–H groups in total. The van der Waals surface area contributed by atoms with Gasteiger partial charge < -0.3 is 21.9 Å². The number of nitrogens with one attached hydrogen (secondary N) is 2. The van der Waals surface area contributed by atoms with Crippen LogP contribution in [-0.4, -0.2) is 16.8 Å². The number of hydrogen-bond donors (Lipinski definition) is 5. The highest BCUT2D eigenvalue weighted by atomic mass is 16.3. The molecule has 2 aromatic carbocycles. The summed E-state index contributed by atoms with van der Waals surface area (Å²) in [5, 5.41) is 19.8. The number of carbonyl (C=O) groups is 1. The molecule has 0 aliphatic rings. The third kappa shape index (κ3) is 3.35. The second-order valence-corrected chi connectivity index (χ2v) is 5.01. The number of nitrogens with two attached hydrogens (primary N) is 2. The first-order chi connectivity index (χ1) is 10.4. The number of phenolic OH excluding ortho intramolecular Hbond substituents is 1. The van der Waals surface area contributed by atoms with Crippen molar-refractivity contribution in [3.05, 3.63) is 59.2 Å². The maximum Gasteiger partial charge on any atom is 0.251 e. The molecule has 0 fully saturated rings. The Morgan fingerprint density at radius 2 is 2.00 bits per heavy atom. The van der Waals surface area contributed by atoms with Crippen LogP contribution in [0.3, 0.4) is 0 Å². The van der Waals surface area contributed by atoms with Gasteiger partial charge in [-0.05, 0) is 42.8 Å². The average molecular weight is 298 g/mol. The molecule has 22 heavy (non-hydrogen) atoms. The number of amides is 1. The third-order valence-electron chi connectivity index (χ3n) is 3.32. The number of phenols is 1. The number of nitrogen functional groups attached to an aromatic ring is 2. The summed E-state index contributed by atoms with van der Waals surface area (Å²) in [5.74, 6) is -0.350. The molecule has 0 aromatic heterocycles. The van der Waals surface area contributed by atoms with E-state index in [-0.39, 0.29) is 23.5 Å². The molecule has 1 atom stereocenters. The Labute approximate surface area is 128 Å². The van der Waals surface area contributed by atoms with Gasteiger partial charge in [-0.3, -0.25) is 10.2 Å². The normalized spacial score (nSPS) is 11.7. The van der Waals surface area contributed by atoms with Crippen LogP contribution in [0, 0.1) is 5.41 Å². The summed E-state index contributed by atoms with van der Waals surface area (Å²) < 4.78 is 0. The fourth-order valence-corrected chi connectivity index (χ4v) is 2.09. The molecule has 2 rings (SSSR count). The zero-order valence-electron chi connectivity index (χ0n) is 12.1. The molecule has 2 aromatic rings. The van der Waals surface area contributed by atoms with Crippen molar-refractivity contribution >= 4 is 17.4 Å². The second kappa shape index (κ2) is 6.17. The van der Waals surface area contributed by atoms with Crippen molar-refractivity contribution in [3.8, 4) is 5.75 Å². The summed E-state index contributed by atoms with van der Waals surface area (Å²) in [7, 11) is 0. The van der Waals surface area contributed by atoms with Crippen LogP contribution < -0.4 is 16.8 Å². The minimum Gasteiger partial charge on any atom is -0.508 e. The highest BCUT2D eigenvalue weighted by Gasteiger charge is 2.14. The number of aromatic hydroxyl groups is 1. The molecule has 0 aliphatic heterocycles. The minimum atomic E-state index is -0.307. The molecule has 0 unspecified atom stereocenters. The molecular formula is C16H18N4O2. The van der Waals surface area contributed by atoms with Crippen LogP contribution >= 0.6 is 0 Å². The van der Waals surface area contributed by atoms with Crippen LogP contribution in [0.4, 0.5) is 5.69 Å². The maximum absolute atomic E-state index is 12.3. The van der Waals surface area contributed by atoms with Gasteiger partial charge in [0.05, 0.1) is 6.04 Å². The van der Waals surface area contributed by atoms with E-state index in [9.17, 15) is 9.90 Å². The van der Waals surface area contributed by atoms with Crippen molar-refractivity contribution in [1.29, 1.82) is 5.41 Å². The van der Waals surface area contributed by atoms with Crippen molar-refractivity contribution in [3.63, 3.8) is 0 Å². The Balaban J connectivity index is 2.19. The third-order valence-corrected chi connectivity index (χ3v) is 3.32. The minimum absolute atomic E-state index is 0.143. The fourth-order valence-electron chi connectivity index (χ4n) is 2.09. The van der Waals surface area contributed by atoms with E-state index in [2.05, 4.69) is 5.32 Å². The van der Waals surface area contributed by atoms with Crippen LogP contribution in [0.2, 0.25) is 0 Å². The molecule has 0 saturated heterocycles. The topological polar surface area (TPSA) is 125 Å². The van der Waals surface area contributed by atoms with E-state index in [1.54, 1.807) is 30.3 Å². The van der Waals surface area contributed by atoms with Crippen molar-refractivity contribution in [2.45, 2.75) is 13.0 Å². The molecule has 0 spiro atoms. The van der Waals surface area contributed by atoms with E-state index < -0.39 is 0 Å². The summed E-state index contributed by atoms with van der Waals surface area (Å²) in [5.41, 5.74) is 13.0. The SMILES string of the molecule is C[C@@H](NC(=O)c1ccc(N)c(C(=N)N)c1)c1cccc(O)c1. The Bertz CT molecular complexity index is 728. The number of benzene rings is 2. The predicted octanol–water partition coefficient (Wildman–Crippen LogP) is 1.75. The number of amidine groups is 1. The molecule has 0 bridgehead atoms. The van der Waals surface area contributed by atoms with Gasteiger partial charge in [-0.2, -0.15) is 0 Å². The van der Waals surface area contributed by atoms with Gasteiger partial charge in [-0.25, -0.2) is 0 Å². The second-order valence-electron chi connectivity index (χ2n) is 5.01. The van der Waals surface area contributed by atoms with Gasteiger partial charge in [0.2, 0.25) is 0 Å². The van der Waals surface area contributed by atoms with Crippen LogP contribution in [0.1, 0.15) is 34.5 Å². The monoisotopic (exact) mass is 298 g/mol. The lowest BCUT2D eigenvalue weighted by atomic mass is 10.1. The van der Waals surface area contributed by atoms with Gasteiger partial charge in [-0.1, -0.05) is 12.1 Å². The van der Waals surface area contributed by atoms with Crippen molar-refractivity contribution in [2.75, 3.05) is 5.73 Å². The summed E-state index contributed by atoms with van der Waals surface area (Å²) in [6.45, 7) is 1.82. The summed E-state index contributed by atoms with van der Waals surface area (Å²) >= 11 is 0. The van der Waals surface area contributed by atoms with E-state index >= 15 is 0 Å². The van der Waals surface area contributed by atoms with Crippen LogP contribution in [-0.2, 0) is 0 Å². The highest BCUT2D eigenvalue weighted by Crippen LogP contribution is 2.19. The molecular weight excluding hydrogens is 280 g/mol. The average Bonchev–Trinajstić information content (AvgIpc) is 2.47. The Morgan fingerprint density at radius 1 is 1.27 bits per heavy atom. The quantitative estimate of drug-likeness (QED) is 0.335. The zero-order valence-corrected chi connectivity index (χ0v) is 12.1. The predicted molar refractivity (Wildman–Crippen MR) is 85.9 cm³/mol. The molecule has 0 aliphatic carbocycles. The van der Waals surface area contributed by atoms with Crippen molar-refractivity contribution in [1.82, 2.24) is 5.32 Å². The lowest BCUT2D eigenvalue weighted by molar-refractivity contribution is 0.0940. The van der Waals surface area contributed by atoms with E-state index in [1.165, 1.54) is 6.07 Å². The first-order valence-corrected chi connectivity index (χ1v) is 6.72. The molecule has 6 heteroatoms. The van der Waals surface area contributed by atoms with E-state index in [1.807, 2.05) is 13.0 Å². The van der Waals surface area contributed by atoms with Gasteiger partial charge >= 0.3 is 0 Å². The summed E-state index contributed by atoms with van der Waals surface area (Å²) in [6.07, 6.45) is 0. The Hall–Kier alpha value is -3.02. The van der Waals surface area contributed by atoms with Gasteiger partial charge in [0.15, 0.2) is 0 Å². The largest absolute Gasteiger partial charge is 0.508 e. The molecule has 1 amide bonds. The van der Waals surface area contributed by atoms with Crippen LogP contribution in [0.15, 0.2) is 42.5 Å². The number of hydrogen-bond acceptors (Lipinski definition) is 4. The first kappa shape index (κ1) is 15.4. The maximum atomic E-state index is 12.3. The van der Waals surface area contributed by atoms with Gasteiger partial charge in [0.1, 0.15) is 11.6 Å².